The molecule has 0 unspecified atom stereocenters. The normalized spacial score (nSPS) is 12.0. The van der Waals surface area contributed by atoms with Crippen LogP contribution in [0.2, 0.25) is 0 Å². The number of ether oxygens (including phenoxy) is 1. The number of fused-ring (bicyclic) bond motifs is 3. The Bertz CT molecular complexity index is 2320. The Labute approximate surface area is 317 Å². The number of aromatic nitrogens is 4. The molecule has 0 N–H and O–H groups in total. The minimum Gasteiger partial charge on any atom is -0.509 e. The fourth-order valence-electron chi connectivity index (χ4n) is 6.89. The maximum absolute atomic E-state index is 6.50. The van der Waals surface area contributed by atoms with Gasteiger partial charge in [0.2, 0.25) is 0 Å². The van der Waals surface area contributed by atoms with Crippen LogP contribution < -0.4 is 4.74 Å². The summed E-state index contributed by atoms with van der Waals surface area (Å²) in [6, 6.07) is 38.8. The third kappa shape index (κ3) is 7.90. The Morgan fingerprint density at radius 2 is 1.49 bits per heavy atom. The topological polar surface area (TPSA) is 44.9 Å². The fourth-order valence-corrected chi connectivity index (χ4v) is 6.89. The molecule has 7 aromatic rings. The Balaban J connectivity index is 0.00000448. The predicted molar refractivity (Wildman–Crippen MR) is 206 cm³/mol. The average molecular weight is 854 g/mol. The van der Waals surface area contributed by atoms with Gasteiger partial charge in [0.05, 0.1) is 5.69 Å². The summed E-state index contributed by atoms with van der Waals surface area (Å²) in [5.41, 5.74) is 10.2. The van der Waals surface area contributed by atoms with Gasteiger partial charge in [0, 0.05) is 34.5 Å². The first-order valence-electron chi connectivity index (χ1n) is 17.6. The summed E-state index contributed by atoms with van der Waals surface area (Å²) in [6.45, 7) is 17.9. The Morgan fingerprint density at radius 3 is 2.24 bits per heavy atom. The van der Waals surface area contributed by atoms with E-state index in [9.17, 15) is 0 Å². The van der Waals surface area contributed by atoms with Gasteiger partial charge in [0.1, 0.15) is 5.82 Å². The Kier molecular flexibility index (Phi) is 10.2. The van der Waals surface area contributed by atoms with Crippen molar-refractivity contribution in [3.63, 3.8) is 0 Å². The molecule has 0 aliphatic heterocycles. The second-order valence-corrected chi connectivity index (χ2v) is 15.9. The van der Waals surface area contributed by atoms with Gasteiger partial charge in [0.25, 0.3) is 0 Å². The molecule has 0 amide bonds. The van der Waals surface area contributed by atoms with Gasteiger partial charge in [-0.1, -0.05) is 89.5 Å². The van der Waals surface area contributed by atoms with Crippen molar-refractivity contribution in [2.24, 2.45) is 10.8 Å². The number of hydrogen-bond donors (Lipinski definition) is 0. The number of aryl methyl sites for hydroxylation is 2. The van der Waals surface area contributed by atoms with Crippen LogP contribution in [-0.2, 0) is 33.9 Å². The molecule has 0 saturated carbocycles. The molecule has 0 aliphatic carbocycles. The van der Waals surface area contributed by atoms with Crippen LogP contribution in [0.3, 0.4) is 0 Å². The van der Waals surface area contributed by atoms with E-state index in [1.807, 2.05) is 41.2 Å². The van der Waals surface area contributed by atoms with E-state index in [2.05, 4.69) is 133 Å². The van der Waals surface area contributed by atoms with Crippen LogP contribution >= 0.6 is 0 Å². The number of hydrogen-bond acceptors (Lipinski definition) is 3. The van der Waals surface area contributed by atoms with Crippen LogP contribution in [0, 0.1) is 36.8 Å². The van der Waals surface area contributed by atoms with Crippen LogP contribution in [-0.4, -0.2) is 19.3 Å². The van der Waals surface area contributed by atoms with Gasteiger partial charge < -0.3 is 9.30 Å². The molecule has 3 heterocycles. The SMILES string of the molecule is Cc1nn(-c2[c-]c(Oc3[c-]c4c(cc3)c3cc(CC(C)(C)C)ccc3n4-c3cc(CCC(C)(C)C)ccn3)ccc2)c(C)c1-c1ccccc1.[Pt+2]. The van der Waals surface area contributed by atoms with Crippen molar-refractivity contribution >= 4 is 21.8 Å². The first-order chi connectivity index (χ1) is 23.8. The molecular formula is C45H46N4OPt. The number of benzene rings is 4. The number of nitrogens with zero attached hydrogens (tertiary/aromatic N) is 4. The first-order valence-corrected chi connectivity index (χ1v) is 17.6. The fraction of sp³-hybridized carbons (Fsp3) is 0.289. The number of pyridine rings is 1. The van der Waals surface area contributed by atoms with Gasteiger partial charge in [-0.2, -0.15) is 17.2 Å². The summed E-state index contributed by atoms with van der Waals surface area (Å²) < 4.78 is 10.7. The van der Waals surface area contributed by atoms with Crippen molar-refractivity contribution in [2.75, 3.05) is 0 Å². The summed E-state index contributed by atoms with van der Waals surface area (Å²) in [6.07, 6.45) is 5.03. The van der Waals surface area contributed by atoms with Crippen LogP contribution in [0.4, 0.5) is 0 Å². The van der Waals surface area contributed by atoms with E-state index < -0.39 is 0 Å². The second kappa shape index (κ2) is 14.3. The maximum Gasteiger partial charge on any atom is 2.00 e. The zero-order valence-electron chi connectivity index (χ0n) is 30.9. The molecule has 0 aliphatic rings. The molecule has 3 aromatic heterocycles. The summed E-state index contributed by atoms with van der Waals surface area (Å²) in [4.78, 5) is 4.89. The molecule has 0 bridgehead atoms. The average Bonchev–Trinajstić information content (AvgIpc) is 3.55. The summed E-state index contributed by atoms with van der Waals surface area (Å²) >= 11 is 0. The standard InChI is InChI=1S/C45H46N4O.Pt/c1-30-43(34-13-10-9-11-14-34)31(2)49(47-30)35-15-12-16-36(27-35)50-37-18-19-38-39-25-33(29-45(6,7)8)17-20-40(39)48(41(38)28-37)42-26-32(22-24-46-42)21-23-44(3,4)5;/h9-20,22,24-26H,21,23,29H2,1-8H3;/q-2;+2. The molecule has 0 atom stereocenters. The van der Waals surface area contributed by atoms with E-state index in [0.717, 1.165) is 69.7 Å². The monoisotopic (exact) mass is 853 g/mol. The second-order valence-electron chi connectivity index (χ2n) is 15.9. The minimum absolute atomic E-state index is 0. The maximum atomic E-state index is 6.50. The van der Waals surface area contributed by atoms with Crippen molar-refractivity contribution in [3.8, 4) is 34.1 Å². The third-order valence-corrected chi connectivity index (χ3v) is 9.21. The molecule has 0 saturated heterocycles. The van der Waals surface area contributed by atoms with Gasteiger partial charge in [-0.3, -0.25) is 4.68 Å². The predicted octanol–water partition coefficient (Wildman–Crippen LogP) is 11.6. The van der Waals surface area contributed by atoms with Crippen molar-refractivity contribution in [3.05, 3.63) is 132 Å². The van der Waals surface area contributed by atoms with Gasteiger partial charge in [-0.15, -0.1) is 35.7 Å². The summed E-state index contributed by atoms with van der Waals surface area (Å²) in [5, 5.41) is 7.21. The molecule has 4 aromatic carbocycles. The van der Waals surface area contributed by atoms with Gasteiger partial charge in [-0.05, 0) is 89.9 Å². The molecule has 7 rings (SSSR count). The Morgan fingerprint density at radius 1 is 0.725 bits per heavy atom. The zero-order valence-corrected chi connectivity index (χ0v) is 33.1. The summed E-state index contributed by atoms with van der Waals surface area (Å²) in [7, 11) is 0. The molecule has 262 valence electrons. The van der Waals surface area contributed by atoms with Gasteiger partial charge >= 0.3 is 21.1 Å². The van der Waals surface area contributed by atoms with Gasteiger partial charge in [0.15, 0.2) is 0 Å². The van der Waals surface area contributed by atoms with E-state index in [0.29, 0.717) is 11.5 Å². The van der Waals surface area contributed by atoms with E-state index in [1.165, 1.54) is 16.5 Å². The van der Waals surface area contributed by atoms with Crippen LogP contribution in [0.1, 0.15) is 70.5 Å². The van der Waals surface area contributed by atoms with Crippen LogP contribution in [0.25, 0.3) is 44.4 Å². The van der Waals surface area contributed by atoms with Crippen LogP contribution in [0.5, 0.6) is 11.5 Å². The van der Waals surface area contributed by atoms with Crippen molar-refractivity contribution in [1.82, 2.24) is 19.3 Å². The quantitative estimate of drug-likeness (QED) is 0.143. The first kappa shape index (κ1) is 36.3. The molecule has 5 nitrogen and oxygen atoms in total. The molecule has 0 radical (unpaired) electrons. The molecular weight excluding hydrogens is 808 g/mol. The molecule has 51 heavy (non-hydrogen) atoms. The number of rotatable bonds is 8. The van der Waals surface area contributed by atoms with Crippen molar-refractivity contribution < 1.29 is 25.8 Å². The smallest absolute Gasteiger partial charge is 0.509 e. The van der Waals surface area contributed by atoms with E-state index in [1.54, 1.807) is 0 Å². The molecule has 0 spiro atoms. The zero-order chi connectivity index (χ0) is 35.2. The van der Waals surface area contributed by atoms with Crippen LogP contribution in [0.15, 0.2) is 97.2 Å². The van der Waals surface area contributed by atoms with E-state index >= 15 is 0 Å². The van der Waals surface area contributed by atoms with Crippen molar-refractivity contribution in [1.29, 1.82) is 0 Å². The minimum atomic E-state index is 0. The Hall–Kier alpha value is -4.47. The molecule has 0 fully saturated rings. The van der Waals surface area contributed by atoms with Crippen molar-refractivity contribution in [2.45, 2.75) is 74.7 Å². The van der Waals surface area contributed by atoms with Gasteiger partial charge in [-0.25, -0.2) is 4.98 Å². The van der Waals surface area contributed by atoms with E-state index in [-0.39, 0.29) is 31.9 Å². The molecule has 6 heteroatoms. The summed E-state index contributed by atoms with van der Waals surface area (Å²) in [5.74, 6) is 2.11. The third-order valence-electron chi connectivity index (χ3n) is 9.21. The largest absolute Gasteiger partial charge is 2.00 e. The van der Waals surface area contributed by atoms with E-state index in [4.69, 9.17) is 14.8 Å².